The van der Waals surface area contributed by atoms with E-state index in [2.05, 4.69) is 12.2 Å². The van der Waals surface area contributed by atoms with Gasteiger partial charge in [-0.05, 0) is 19.3 Å². The second-order valence-electron chi connectivity index (χ2n) is 5.55. The number of urea groups is 1. The molecule has 0 aromatic heterocycles. The maximum absolute atomic E-state index is 10.7. The molecule has 0 aromatic carbocycles. The first-order valence-corrected chi connectivity index (χ1v) is 8.25. The molecule has 0 aliphatic carbocycles. The van der Waals surface area contributed by atoms with Crippen LogP contribution in [0.4, 0.5) is 4.79 Å². The van der Waals surface area contributed by atoms with E-state index in [0.717, 1.165) is 25.7 Å². The van der Waals surface area contributed by atoms with Crippen LogP contribution in [0.1, 0.15) is 58.3 Å². The maximum atomic E-state index is 10.7. The molecule has 0 fully saturated rings. The normalized spacial score (nSPS) is 13.1. The standard InChI is InChI=1S/C16H34N2O4/c1-5-6-7-8-9-11-14(12-10-13-18-15(17)19)16(20-2,21-3)22-4/h14H,5-13H2,1-4H3,(H3,17,18,19). The molecule has 0 aliphatic heterocycles. The Morgan fingerprint density at radius 3 is 2.05 bits per heavy atom. The van der Waals surface area contributed by atoms with Gasteiger partial charge in [0, 0.05) is 33.8 Å². The Balaban J connectivity index is 4.44. The van der Waals surface area contributed by atoms with Crippen molar-refractivity contribution < 1.29 is 19.0 Å². The Labute approximate surface area is 135 Å². The first kappa shape index (κ1) is 21.1. The van der Waals surface area contributed by atoms with Crippen LogP contribution in [0.5, 0.6) is 0 Å². The van der Waals surface area contributed by atoms with Crippen LogP contribution in [-0.2, 0) is 14.2 Å². The van der Waals surface area contributed by atoms with Gasteiger partial charge in [-0.15, -0.1) is 0 Å². The van der Waals surface area contributed by atoms with Crippen LogP contribution in [0.15, 0.2) is 0 Å². The highest BCUT2D eigenvalue weighted by Crippen LogP contribution is 2.32. The Morgan fingerprint density at radius 2 is 1.55 bits per heavy atom. The molecule has 22 heavy (non-hydrogen) atoms. The fourth-order valence-electron chi connectivity index (χ4n) is 2.80. The number of nitrogens with two attached hydrogens (primary N) is 1. The molecule has 0 saturated carbocycles. The van der Waals surface area contributed by atoms with Crippen molar-refractivity contribution in [2.75, 3.05) is 27.9 Å². The summed E-state index contributed by atoms with van der Waals surface area (Å²) in [5.74, 6) is -0.902. The van der Waals surface area contributed by atoms with Gasteiger partial charge in [-0.2, -0.15) is 0 Å². The second kappa shape index (κ2) is 12.7. The first-order chi connectivity index (χ1) is 10.6. The molecule has 132 valence electrons. The van der Waals surface area contributed by atoms with Crippen molar-refractivity contribution in [1.82, 2.24) is 5.32 Å². The minimum atomic E-state index is -1.02. The summed E-state index contributed by atoms with van der Waals surface area (Å²) in [7, 11) is 4.79. The highest BCUT2D eigenvalue weighted by Gasteiger charge is 2.39. The molecule has 6 nitrogen and oxygen atoms in total. The summed E-state index contributed by atoms with van der Waals surface area (Å²) >= 11 is 0. The number of amides is 2. The van der Waals surface area contributed by atoms with Gasteiger partial charge in [0.2, 0.25) is 0 Å². The van der Waals surface area contributed by atoms with Crippen molar-refractivity contribution in [1.29, 1.82) is 0 Å². The number of unbranched alkanes of at least 4 members (excludes halogenated alkanes) is 4. The highest BCUT2D eigenvalue weighted by molar-refractivity contribution is 5.71. The third kappa shape index (κ3) is 7.96. The minimum absolute atomic E-state index is 0.115. The van der Waals surface area contributed by atoms with Gasteiger partial charge >= 0.3 is 6.03 Å². The SMILES string of the molecule is CCCCCCCC(CCCNC(N)=O)C(OC)(OC)OC. The fourth-order valence-corrected chi connectivity index (χ4v) is 2.80. The number of carbonyl (C=O) groups excluding carboxylic acids is 1. The van der Waals surface area contributed by atoms with E-state index >= 15 is 0 Å². The Morgan fingerprint density at radius 1 is 1.00 bits per heavy atom. The Kier molecular flexibility index (Phi) is 12.2. The average Bonchev–Trinajstić information content (AvgIpc) is 2.52. The van der Waals surface area contributed by atoms with E-state index in [0.29, 0.717) is 6.54 Å². The summed E-state index contributed by atoms with van der Waals surface area (Å²) in [5, 5.41) is 2.61. The largest absolute Gasteiger partial charge is 0.352 e. The smallest absolute Gasteiger partial charge is 0.312 e. The van der Waals surface area contributed by atoms with Gasteiger partial charge in [0.05, 0.1) is 0 Å². The number of methoxy groups -OCH3 is 3. The van der Waals surface area contributed by atoms with E-state index in [1.807, 2.05) is 0 Å². The van der Waals surface area contributed by atoms with Gasteiger partial charge in [-0.1, -0.05) is 39.0 Å². The molecule has 2 amide bonds. The molecule has 0 heterocycles. The average molecular weight is 318 g/mol. The molecular formula is C16H34N2O4. The first-order valence-electron chi connectivity index (χ1n) is 8.25. The fraction of sp³-hybridized carbons (Fsp3) is 0.938. The summed E-state index contributed by atoms with van der Waals surface area (Å²) in [5.41, 5.74) is 5.08. The summed E-state index contributed by atoms with van der Waals surface area (Å²) in [4.78, 5) is 10.7. The number of ether oxygens (including phenoxy) is 3. The van der Waals surface area contributed by atoms with E-state index in [4.69, 9.17) is 19.9 Å². The van der Waals surface area contributed by atoms with E-state index in [9.17, 15) is 4.79 Å². The molecule has 1 unspecified atom stereocenters. The van der Waals surface area contributed by atoms with Gasteiger partial charge in [0.1, 0.15) is 0 Å². The lowest BCUT2D eigenvalue weighted by Gasteiger charge is -2.36. The van der Waals surface area contributed by atoms with Crippen LogP contribution >= 0.6 is 0 Å². The number of nitrogens with one attached hydrogen (secondary N) is 1. The monoisotopic (exact) mass is 318 g/mol. The van der Waals surface area contributed by atoms with Crippen molar-refractivity contribution in [3.8, 4) is 0 Å². The molecule has 0 saturated heterocycles. The molecule has 0 radical (unpaired) electrons. The van der Waals surface area contributed by atoms with Gasteiger partial charge in [0.15, 0.2) is 0 Å². The van der Waals surface area contributed by atoms with Crippen LogP contribution in [0, 0.1) is 5.92 Å². The Bertz CT molecular complexity index is 275. The van der Waals surface area contributed by atoms with E-state index < -0.39 is 12.0 Å². The molecule has 0 bridgehead atoms. The molecular weight excluding hydrogens is 284 g/mol. The topological polar surface area (TPSA) is 82.8 Å². The van der Waals surface area contributed by atoms with Crippen molar-refractivity contribution in [3.63, 3.8) is 0 Å². The van der Waals surface area contributed by atoms with Gasteiger partial charge in [-0.3, -0.25) is 0 Å². The van der Waals surface area contributed by atoms with Gasteiger partial charge in [0.25, 0.3) is 5.97 Å². The predicted octanol–water partition coefficient (Wildman–Crippen LogP) is 3.00. The second-order valence-corrected chi connectivity index (χ2v) is 5.55. The van der Waals surface area contributed by atoms with Crippen LogP contribution in [0.2, 0.25) is 0 Å². The number of rotatable bonds is 14. The van der Waals surface area contributed by atoms with E-state index in [1.54, 1.807) is 21.3 Å². The van der Waals surface area contributed by atoms with Gasteiger partial charge in [-0.25, -0.2) is 4.79 Å². The summed E-state index contributed by atoms with van der Waals surface area (Å²) in [6.07, 6.45) is 8.70. The number of hydrogen-bond donors (Lipinski definition) is 2. The van der Waals surface area contributed by atoms with Gasteiger partial charge < -0.3 is 25.3 Å². The maximum Gasteiger partial charge on any atom is 0.312 e. The third-order valence-corrected chi connectivity index (χ3v) is 4.04. The highest BCUT2D eigenvalue weighted by atomic mass is 16.9. The molecule has 3 N–H and O–H groups in total. The molecule has 0 spiro atoms. The van der Waals surface area contributed by atoms with Crippen LogP contribution < -0.4 is 11.1 Å². The predicted molar refractivity (Wildman–Crippen MR) is 87.4 cm³/mol. The quantitative estimate of drug-likeness (QED) is 0.381. The van der Waals surface area contributed by atoms with Crippen LogP contribution in [-0.4, -0.2) is 39.9 Å². The third-order valence-electron chi connectivity index (χ3n) is 4.04. The zero-order chi connectivity index (χ0) is 16.8. The lowest BCUT2D eigenvalue weighted by atomic mass is 9.93. The molecule has 0 aromatic rings. The molecule has 0 rings (SSSR count). The van der Waals surface area contributed by atoms with Crippen molar-refractivity contribution >= 4 is 6.03 Å². The molecule has 0 aliphatic rings. The summed E-state index contributed by atoms with van der Waals surface area (Å²) < 4.78 is 16.5. The lowest BCUT2D eigenvalue weighted by Crippen LogP contribution is -2.44. The number of hydrogen-bond acceptors (Lipinski definition) is 4. The minimum Gasteiger partial charge on any atom is -0.352 e. The van der Waals surface area contributed by atoms with Crippen molar-refractivity contribution in [3.05, 3.63) is 0 Å². The zero-order valence-corrected chi connectivity index (χ0v) is 14.7. The number of carbonyl (C=O) groups is 1. The van der Waals surface area contributed by atoms with Crippen LogP contribution in [0.3, 0.4) is 0 Å². The lowest BCUT2D eigenvalue weighted by molar-refractivity contribution is -0.380. The van der Waals surface area contributed by atoms with E-state index in [-0.39, 0.29) is 5.92 Å². The van der Waals surface area contributed by atoms with Crippen LogP contribution in [0.25, 0.3) is 0 Å². The van der Waals surface area contributed by atoms with Crippen molar-refractivity contribution in [2.45, 2.75) is 64.3 Å². The Hall–Kier alpha value is -0.850. The zero-order valence-electron chi connectivity index (χ0n) is 14.7. The van der Waals surface area contributed by atoms with E-state index in [1.165, 1.54) is 25.7 Å². The molecule has 6 heteroatoms. The summed E-state index contributed by atoms with van der Waals surface area (Å²) in [6, 6.07) is -0.493. The number of primary amides is 1. The summed E-state index contributed by atoms with van der Waals surface area (Å²) in [6.45, 7) is 2.76. The van der Waals surface area contributed by atoms with Crippen molar-refractivity contribution in [2.24, 2.45) is 11.7 Å². The molecule has 1 atom stereocenters.